The van der Waals surface area contributed by atoms with E-state index in [9.17, 15) is 14.7 Å². The summed E-state index contributed by atoms with van der Waals surface area (Å²) < 4.78 is 12.9. The Balaban J connectivity index is 2.14. The average Bonchev–Trinajstić information content (AvgIpc) is 2.86. The molecule has 8 atom stereocenters. The summed E-state index contributed by atoms with van der Waals surface area (Å²) in [7, 11) is -2.13. The van der Waals surface area contributed by atoms with Gasteiger partial charge in [-0.05, 0) is 80.0 Å². The molecule has 0 aromatic carbocycles. The Morgan fingerprint density at radius 1 is 1.20 bits per heavy atom. The van der Waals surface area contributed by atoms with Gasteiger partial charge in [-0.3, -0.25) is 9.59 Å². The summed E-state index contributed by atoms with van der Waals surface area (Å²) in [5.74, 6) is 0.902. The van der Waals surface area contributed by atoms with Crippen LogP contribution in [0, 0.1) is 29.6 Å². The molecule has 236 valence electrons. The molecule has 0 aliphatic heterocycles. The maximum Gasteiger partial charge on any atom is 0.308 e. The molecular formula is C34H61NO5Si. The SMILES string of the molecule is CCCCNC(=O)CC(CC(O)CCC1C(C)C=CC2=CC(C)CC(OC(=O)C(C)CC)C21)O[Si](C)(C)C(C)(C)C. The number of hydrogen-bond acceptors (Lipinski definition) is 5. The van der Waals surface area contributed by atoms with Gasteiger partial charge in [-0.2, -0.15) is 0 Å². The quantitative estimate of drug-likeness (QED) is 0.117. The van der Waals surface area contributed by atoms with Crippen LogP contribution in [0.25, 0.3) is 0 Å². The zero-order valence-corrected chi connectivity index (χ0v) is 28.8. The first-order valence-corrected chi connectivity index (χ1v) is 19.2. The zero-order valence-electron chi connectivity index (χ0n) is 27.8. The van der Waals surface area contributed by atoms with Crippen molar-refractivity contribution in [2.24, 2.45) is 29.6 Å². The molecule has 41 heavy (non-hydrogen) atoms. The number of carbonyl (C=O) groups excluding carboxylic acids is 2. The molecule has 0 spiro atoms. The van der Waals surface area contributed by atoms with E-state index in [-0.39, 0.29) is 53.3 Å². The highest BCUT2D eigenvalue weighted by Gasteiger charge is 2.42. The summed E-state index contributed by atoms with van der Waals surface area (Å²) in [6.07, 6.45) is 11.6. The molecule has 0 heterocycles. The minimum Gasteiger partial charge on any atom is -0.461 e. The van der Waals surface area contributed by atoms with Crippen LogP contribution in [-0.2, 0) is 18.8 Å². The van der Waals surface area contributed by atoms with E-state index < -0.39 is 14.4 Å². The lowest BCUT2D eigenvalue weighted by Gasteiger charge is -2.43. The predicted molar refractivity (Wildman–Crippen MR) is 171 cm³/mol. The molecule has 2 aliphatic rings. The van der Waals surface area contributed by atoms with E-state index >= 15 is 0 Å². The maximum atomic E-state index is 12.8. The van der Waals surface area contributed by atoms with Crippen molar-refractivity contribution in [2.45, 2.75) is 143 Å². The first-order chi connectivity index (χ1) is 19.1. The van der Waals surface area contributed by atoms with Crippen molar-refractivity contribution < 1.29 is 23.9 Å². The van der Waals surface area contributed by atoms with Gasteiger partial charge in [-0.15, -0.1) is 0 Å². The third-order valence-electron chi connectivity index (χ3n) is 9.78. The molecular weight excluding hydrogens is 530 g/mol. The van der Waals surface area contributed by atoms with Crippen LogP contribution in [0.3, 0.4) is 0 Å². The van der Waals surface area contributed by atoms with Crippen LogP contribution in [-0.4, -0.2) is 50.2 Å². The van der Waals surface area contributed by atoms with Crippen molar-refractivity contribution in [1.29, 1.82) is 0 Å². The Bertz CT molecular complexity index is 907. The molecule has 0 fully saturated rings. The smallest absolute Gasteiger partial charge is 0.308 e. The number of nitrogens with one attached hydrogen (secondary N) is 1. The molecule has 0 saturated carbocycles. The fourth-order valence-electron chi connectivity index (χ4n) is 5.91. The molecule has 1 amide bonds. The molecule has 0 aromatic heterocycles. The molecule has 2 N–H and O–H groups in total. The highest BCUT2D eigenvalue weighted by Crippen LogP contribution is 2.45. The number of aliphatic hydroxyl groups is 1. The lowest BCUT2D eigenvalue weighted by molar-refractivity contribution is -0.158. The molecule has 2 rings (SSSR count). The van der Waals surface area contributed by atoms with Crippen LogP contribution in [0.2, 0.25) is 18.1 Å². The van der Waals surface area contributed by atoms with E-state index in [0.717, 1.165) is 32.1 Å². The molecule has 0 aromatic rings. The average molecular weight is 592 g/mol. The zero-order chi connectivity index (χ0) is 31.0. The van der Waals surface area contributed by atoms with Crippen LogP contribution >= 0.6 is 0 Å². The Hall–Kier alpha value is -1.44. The number of allylic oxidation sites excluding steroid dienone is 3. The largest absolute Gasteiger partial charge is 0.461 e. The van der Waals surface area contributed by atoms with Crippen molar-refractivity contribution >= 4 is 20.2 Å². The maximum absolute atomic E-state index is 12.8. The molecule has 0 radical (unpaired) electrons. The third-order valence-corrected chi connectivity index (χ3v) is 14.3. The highest BCUT2D eigenvalue weighted by atomic mass is 28.4. The standard InChI is InChI=1S/C34H61NO5Si/c1-11-13-18-35-31(37)22-28(40-41(9,10)34(6,7)8)21-27(36)16-17-29-25(5)14-15-26-19-23(3)20-30(32(26)29)39-33(38)24(4)12-2/h14-15,19,23-25,27-30,32,36H,11-13,16-18,20-22H2,1-10H3,(H,35,37). The van der Waals surface area contributed by atoms with E-state index in [1.807, 2.05) is 13.8 Å². The normalized spacial score (nSPS) is 26.9. The number of amides is 1. The summed E-state index contributed by atoms with van der Waals surface area (Å²) in [6.45, 7) is 22.2. The second-order valence-electron chi connectivity index (χ2n) is 14.4. The first kappa shape index (κ1) is 35.8. The van der Waals surface area contributed by atoms with E-state index in [2.05, 4.69) is 78.2 Å². The van der Waals surface area contributed by atoms with Gasteiger partial charge in [0.25, 0.3) is 0 Å². The van der Waals surface area contributed by atoms with Crippen LogP contribution < -0.4 is 5.32 Å². The number of fused-ring (bicyclic) bond motifs is 1. The number of unbranched alkanes of at least 4 members (excludes halogenated alkanes) is 1. The summed E-state index contributed by atoms with van der Waals surface area (Å²) in [5, 5.41) is 14.3. The topological polar surface area (TPSA) is 84.9 Å². The highest BCUT2D eigenvalue weighted by molar-refractivity contribution is 6.74. The number of esters is 1. The fourth-order valence-corrected chi connectivity index (χ4v) is 7.28. The van der Waals surface area contributed by atoms with Gasteiger partial charge >= 0.3 is 5.97 Å². The molecule has 8 unspecified atom stereocenters. The monoisotopic (exact) mass is 591 g/mol. The van der Waals surface area contributed by atoms with E-state index in [0.29, 0.717) is 31.2 Å². The van der Waals surface area contributed by atoms with Gasteiger partial charge in [0.1, 0.15) is 6.10 Å². The van der Waals surface area contributed by atoms with Gasteiger partial charge in [0.15, 0.2) is 8.32 Å². The molecule has 0 saturated heterocycles. The molecule has 6 nitrogen and oxygen atoms in total. The van der Waals surface area contributed by atoms with Gasteiger partial charge in [0.2, 0.25) is 5.91 Å². The lowest BCUT2D eigenvalue weighted by atomic mass is 9.65. The first-order valence-electron chi connectivity index (χ1n) is 16.3. The van der Waals surface area contributed by atoms with Gasteiger partial charge in [0, 0.05) is 12.5 Å². The second-order valence-corrected chi connectivity index (χ2v) is 19.2. The van der Waals surface area contributed by atoms with Crippen LogP contribution in [0.1, 0.15) is 107 Å². The summed E-state index contributed by atoms with van der Waals surface area (Å²) >= 11 is 0. The minimum absolute atomic E-state index is 0.00234. The summed E-state index contributed by atoms with van der Waals surface area (Å²) in [5.41, 5.74) is 1.27. The number of aliphatic hydroxyl groups excluding tert-OH is 1. The number of rotatable bonds is 15. The third kappa shape index (κ3) is 10.7. The van der Waals surface area contributed by atoms with Gasteiger partial charge < -0.3 is 19.6 Å². The minimum atomic E-state index is -2.13. The molecule has 0 bridgehead atoms. The molecule has 2 aliphatic carbocycles. The van der Waals surface area contributed by atoms with Gasteiger partial charge in [-0.25, -0.2) is 0 Å². The predicted octanol–water partition coefficient (Wildman–Crippen LogP) is 7.58. The van der Waals surface area contributed by atoms with E-state index in [4.69, 9.17) is 9.16 Å². The second kappa shape index (κ2) is 15.9. The van der Waals surface area contributed by atoms with Crippen LogP contribution in [0.5, 0.6) is 0 Å². The number of ether oxygens (including phenoxy) is 1. The van der Waals surface area contributed by atoms with Crippen LogP contribution in [0.15, 0.2) is 23.8 Å². The Morgan fingerprint density at radius 3 is 2.49 bits per heavy atom. The van der Waals surface area contributed by atoms with Gasteiger partial charge in [0.05, 0.1) is 24.5 Å². The summed E-state index contributed by atoms with van der Waals surface area (Å²) in [6, 6.07) is 0. The fraction of sp³-hybridized carbons (Fsp3) is 0.824. The van der Waals surface area contributed by atoms with Crippen molar-refractivity contribution in [2.75, 3.05) is 6.54 Å². The Labute approximate surface area is 252 Å². The van der Waals surface area contributed by atoms with Crippen molar-refractivity contribution in [3.05, 3.63) is 23.8 Å². The lowest BCUT2D eigenvalue weighted by Crippen LogP contribution is -2.46. The number of hydrogen-bond donors (Lipinski definition) is 2. The van der Waals surface area contributed by atoms with Crippen molar-refractivity contribution in [3.8, 4) is 0 Å². The molecule has 7 heteroatoms. The van der Waals surface area contributed by atoms with Crippen LogP contribution in [0.4, 0.5) is 0 Å². The summed E-state index contributed by atoms with van der Waals surface area (Å²) in [4.78, 5) is 25.6. The van der Waals surface area contributed by atoms with Crippen molar-refractivity contribution in [3.63, 3.8) is 0 Å². The van der Waals surface area contributed by atoms with E-state index in [1.54, 1.807) is 0 Å². The van der Waals surface area contributed by atoms with Crippen molar-refractivity contribution in [1.82, 2.24) is 5.32 Å². The Morgan fingerprint density at radius 2 is 1.88 bits per heavy atom. The van der Waals surface area contributed by atoms with Gasteiger partial charge in [-0.1, -0.05) is 80.0 Å². The number of carbonyl (C=O) groups is 2. The Kier molecular flexibility index (Phi) is 13.8. The van der Waals surface area contributed by atoms with E-state index in [1.165, 1.54) is 5.57 Å².